The number of halogens is 4. The molecule has 5 nitrogen and oxygen atoms in total. The van der Waals surface area contributed by atoms with E-state index in [1.807, 2.05) is 0 Å². The van der Waals surface area contributed by atoms with Gasteiger partial charge in [0, 0.05) is 12.1 Å². The number of nitrogen functional groups attached to an aromatic ring is 1. The van der Waals surface area contributed by atoms with E-state index in [0.717, 1.165) is 12.1 Å². The summed E-state index contributed by atoms with van der Waals surface area (Å²) in [6, 6.07) is 2.06. The summed E-state index contributed by atoms with van der Waals surface area (Å²) in [6.07, 6.45) is -4.47. The summed E-state index contributed by atoms with van der Waals surface area (Å²) in [4.78, 5) is 9.79. The van der Waals surface area contributed by atoms with Crippen LogP contribution in [0.4, 0.5) is 24.5 Å². The maximum absolute atomic E-state index is 11.9. The minimum absolute atomic E-state index is 0.133. The van der Waals surface area contributed by atoms with Gasteiger partial charge in [-0.05, 0) is 22.6 Å². The number of nitro groups is 1. The Morgan fingerprint density at radius 1 is 1.47 bits per heavy atom. The van der Waals surface area contributed by atoms with Crippen molar-refractivity contribution >= 4 is 34.0 Å². The number of benzene rings is 1. The van der Waals surface area contributed by atoms with Crippen LogP contribution in [0, 0.1) is 13.7 Å². The first-order valence-corrected chi connectivity index (χ1v) is 5.21. The molecule has 0 aliphatic heterocycles. The standard InChI is InChI=1S/C8H6F3IN2O3/c9-8(10,11)3-17-7-2-5(13)6(14(15)16)1-4(7)12/h1-2H,3,13H2. The van der Waals surface area contributed by atoms with Gasteiger partial charge in [0.1, 0.15) is 11.4 Å². The van der Waals surface area contributed by atoms with Crippen molar-refractivity contribution in [2.45, 2.75) is 6.18 Å². The van der Waals surface area contributed by atoms with E-state index < -0.39 is 17.7 Å². The highest BCUT2D eigenvalue weighted by Crippen LogP contribution is 2.32. The molecule has 0 amide bonds. The third-order valence-electron chi connectivity index (χ3n) is 1.67. The lowest BCUT2D eigenvalue weighted by atomic mass is 10.2. The fourth-order valence-corrected chi connectivity index (χ4v) is 1.59. The minimum Gasteiger partial charge on any atom is -0.483 e. The van der Waals surface area contributed by atoms with Crippen LogP contribution >= 0.6 is 22.6 Å². The second-order valence-corrected chi connectivity index (χ2v) is 4.16. The minimum atomic E-state index is -4.47. The molecule has 0 aliphatic carbocycles. The number of nitrogens with two attached hydrogens (primary N) is 1. The van der Waals surface area contributed by atoms with Crippen molar-refractivity contribution in [2.75, 3.05) is 12.3 Å². The Kier molecular flexibility index (Phi) is 4.01. The molecule has 0 unspecified atom stereocenters. The van der Waals surface area contributed by atoms with E-state index in [1.54, 1.807) is 22.6 Å². The van der Waals surface area contributed by atoms with Crippen LogP contribution in [-0.4, -0.2) is 17.7 Å². The third kappa shape index (κ3) is 3.91. The molecule has 2 N–H and O–H groups in total. The van der Waals surface area contributed by atoms with Crippen LogP contribution < -0.4 is 10.5 Å². The van der Waals surface area contributed by atoms with Gasteiger partial charge in [-0.2, -0.15) is 13.2 Å². The molecule has 1 aromatic carbocycles. The highest BCUT2D eigenvalue weighted by molar-refractivity contribution is 14.1. The molecule has 0 atom stereocenters. The second-order valence-electron chi connectivity index (χ2n) is 3.00. The van der Waals surface area contributed by atoms with Crippen molar-refractivity contribution in [3.8, 4) is 5.75 Å². The first-order valence-electron chi connectivity index (χ1n) is 4.13. The zero-order valence-corrected chi connectivity index (χ0v) is 10.3. The highest BCUT2D eigenvalue weighted by atomic mass is 127. The van der Waals surface area contributed by atoms with Crippen molar-refractivity contribution in [1.29, 1.82) is 0 Å². The van der Waals surface area contributed by atoms with E-state index >= 15 is 0 Å². The molecule has 9 heteroatoms. The molecule has 0 bridgehead atoms. The number of ether oxygens (including phenoxy) is 1. The predicted molar refractivity (Wildman–Crippen MR) is 61.8 cm³/mol. The van der Waals surface area contributed by atoms with Gasteiger partial charge < -0.3 is 10.5 Å². The van der Waals surface area contributed by atoms with Gasteiger partial charge in [-0.15, -0.1) is 0 Å². The molecule has 0 aliphatic rings. The highest BCUT2D eigenvalue weighted by Gasteiger charge is 2.29. The average molecular weight is 362 g/mol. The number of hydrogen-bond acceptors (Lipinski definition) is 4. The van der Waals surface area contributed by atoms with Crippen molar-refractivity contribution in [2.24, 2.45) is 0 Å². The molecule has 17 heavy (non-hydrogen) atoms. The van der Waals surface area contributed by atoms with Crippen molar-refractivity contribution in [3.05, 3.63) is 25.8 Å². The Bertz CT molecular complexity index is 450. The Labute approximate surface area is 107 Å². The molecular weight excluding hydrogens is 356 g/mol. The summed E-state index contributed by atoms with van der Waals surface area (Å²) >= 11 is 1.64. The zero-order valence-electron chi connectivity index (χ0n) is 8.12. The summed E-state index contributed by atoms with van der Waals surface area (Å²) in [5, 5.41) is 10.5. The molecule has 0 saturated carbocycles. The van der Waals surface area contributed by atoms with Gasteiger partial charge in [-0.25, -0.2) is 0 Å². The topological polar surface area (TPSA) is 78.4 Å². The zero-order chi connectivity index (χ0) is 13.2. The van der Waals surface area contributed by atoms with E-state index in [1.165, 1.54) is 0 Å². The fourth-order valence-electron chi connectivity index (χ4n) is 0.987. The molecule has 0 heterocycles. The maximum Gasteiger partial charge on any atom is 0.422 e. The lowest BCUT2D eigenvalue weighted by Gasteiger charge is -2.11. The lowest BCUT2D eigenvalue weighted by molar-refractivity contribution is -0.384. The van der Waals surface area contributed by atoms with Crippen molar-refractivity contribution in [1.82, 2.24) is 0 Å². The molecule has 94 valence electrons. The second kappa shape index (κ2) is 4.94. The normalized spacial score (nSPS) is 11.3. The summed E-state index contributed by atoms with van der Waals surface area (Å²) < 4.78 is 40.4. The van der Waals surface area contributed by atoms with E-state index in [9.17, 15) is 23.3 Å². The van der Waals surface area contributed by atoms with Crippen LogP contribution in [-0.2, 0) is 0 Å². The van der Waals surface area contributed by atoms with E-state index in [4.69, 9.17) is 5.73 Å². The molecule has 0 saturated heterocycles. The van der Waals surface area contributed by atoms with E-state index in [-0.39, 0.29) is 20.7 Å². The lowest BCUT2D eigenvalue weighted by Crippen LogP contribution is -2.19. The summed E-state index contributed by atoms with van der Waals surface area (Å²) in [5.74, 6) is -0.133. The quantitative estimate of drug-likeness (QED) is 0.388. The largest absolute Gasteiger partial charge is 0.483 e. The van der Waals surface area contributed by atoms with Gasteiger partial charge in [0.05, 0.1) is 8.49 Å². The molecule has 1 aromatic rings. The smallest absolute Gasteiger partial charge is 0.422 e. The SMILES string of the molecule is Nc1cc(OCC(F)(F)F)c(I)cc1[N+](=O)[O-]. The number of anilines is 1. The Balaban J connectivity index is 2.96. The molecule has 1 rings (SSSR count). The van der Waals surface area contributed by atoms with Crippen molar-refractivity contribution < 1.29 is 22.8 Å². The van der Waals surface area contributed by atoms with Crippen LogP contribution in [0.3, 0.4) is 0 Å². The number of rotatable bonds is 3. The Hall–Kier alpha value is -1.26. The number of alkyl halides is 3. The Morgan fingerprint density at radius 3 is 2.53 bits per heavy atom. The first-order chi connectivity index (χ1) is 7.70. The first kappa shape index (κ1) is 13.8. The summed E-state index contributed by atoms with van der Waals surface area (Å²) in [7, 11) is 0. The Morgan fingerprint density at radius 2 is 2.06 bits per heavy atom. The molecule has 0 spiro atoms. The van der Waals surface area contributed by atoms with Gasteiger partial charge in [0.2, 0.25) is 0 Å². The summed E-state index contributed by atoms with van der Waals surface area (Å²) in [5.41, 5.74) is 4.71. The van der Waals surface area contributed by atoms with Gasteiger partial charge >= 0.3 is 6.18 Å². The maximum atomic E-state index is 11.9. The van der Waals surface area contributed by atoms with Crippen molar-refractivity contribution in [3.63, 3.8) is 0 Å². The monoisotopic (exact) mass is 362 g/mol. The van der Waals surface area contributed by atoms with Crippen LogP contribution in [0.25, 0.3) is 0 Å². The molecule has 0 fully saturated rings. The van der Waals surface area contributed by atoms with Crippen LogP contribution in [0.2, 0.25) is 0 Å². The predicted octanol–water partition coefficient (Wildman–Crippen LogP) is 2.72. The summed E-state index contributed by atoms with van der Waals surface area (Å²) in [6.45, 7) is -1.47. The molecular formula is C8H6F3IN2O3. The molecule has 0 aromatic heterocycles. The van der Waals surface area contributed by atoms with Crippen LogP contribution in [0.15, 0.2) is 12.1 Å². The number of hydrogen-bond donors (Lipinski definition) is 1. The third-order valence-corrected chi connectivity index (χ3v) is 2.51. The van der Waals surface area contributed by atoms with Crippen LogP contribution in [0.1, 0.15) is 0 Å². The fraction of sp³-hybridized carbons (Fsp3) is 0.250. The van der Waals surface area contributed by atoms with Gasteiger partial charge in [0.25, 0.3) is 5.69 Å². The van der Waals surface area contributed by atoms with E-state index in [0.29, 0.717) is 0 Å². The molecule has 0 radical (unpaired) electrons. The average Bonchev–Trinajstić information content (AvgIpc) is 2.17. The van der Waals surface area contributed by atoms with Crippen LogP contribution in [0.5, 0.6) is 5.75 Å². The van der Waals surface area contributed by atoms with Gasteiger partial charge in [-0.1, -0.05) is 0 Å². The van der Waals surface area contributed by atoms with Gasteiger partial charge in [0.15, 0.2) is 6.61 Å². The van der Waals surface area contributed by atoms with Gasteiger partial charge in [-0.3, -0.25) is 10.1 Å². The number of nitro benzene ring substituents is 1. The number of nitrogens with zero attached hydrogens (tertiary/aromatic N) is 1. The van der Waals surface area contributed by atoms with E-state index in [2.05, 4.69) is 4.74 Å².